The maximum absolute atomic E-state index is 14.1. The standard InChI is InChI=1S/C39H51N5O6S/c1-24-18-28(43(6)17-16-40-5)19-25(2)35(24)50-22-32(46)41-30(20-26-12-8-7-9-13-26)34(47)38(49)44-23-51-39(3,4)36(44)37(48)42-33-29-15-11-10-14-27(29)21-31(33)45/h7-15,18-19,30-31,33-34,36,40,45,47H,16-17,20-23H2,1-6H3,(H,41,46)(H,42,48). The molecule has 5 rings (SSSR count). The molecule has 1 fully saturated rings. The highest BCUT2D eigenvalue weighted by Gasteiger charge is 2.50. The number of benzene rings is 3. The lowest BCUT2D eigenvalue weighted by Gasteiger charge is -2.34. The smallest absolute Gasteiger partial charge is 0.258 e. The summed E-state index contributed by atoms with van der Waals surface area (Å²) in [4.78, 5) is 45.0. The Balaban J connectivity index is 1.30. The van der Waals surface area contributed by atoms with Gasteiger partial charge in [-0.1, -0.05) is 54.6 Å². The summed E-state index contributed by atoms with van der Waals surface area (Å²) < 4.78 is 5.33. The molecule has 0 spiro atoms. The van der Waals surface area contributed by atoms with Crippen molar-refractivity contribution in [2.24, 2.45) is 0 Å². The number of aliphatic hydroxyl groups is 2. The second-order valence-corrected chi connectivity index (χ2v) is 15.7. The lowest BCUT2D eigenvalue weighted by molar-refractivity contribution is -0.148. The number of hydrogen-bond acceptors (Lipinski definition) is 9. The van der Waals surface area contributed by atoms with Crippen molar-refractivity contribution < 1.29 is 29.3 Å². The van der Waals surface area contributed by atoms with Gasteiger partial charge in [-0.05, 0) is 81.1 Å². The van der Waals surface area contributed by atoms with Gasteiger partial charge < -0.3 is 40.7 Å². The normalized spacial score (nSPS) is 20.3. The first kappa shape index (κ1) is 38.1. The van der Waals surface area contributed by atoms with E-state index in [1.807, 2.05) is 109 Å². The molecular formula is C39H51N5O6S. The van der Waals surface area contributed by atoms with Crippen LogP contribution in [0.25, 0.3) is 0 Å². The number of thioether (sulfide) groups is 1. The quantitative estimate of drug-likeness (QED) is 0.170. The van der Waals surface area contributed by atoms with E-state index < -0.39 is 52.8 Å². The van der Waals surface area contributed by atoms with Gasteiger partial charge in [-0.15, -0.1) is 11.8 Å². The van der Waals surface area contributed by atoms with Crippen LogP contribution in [0.2, 0.25) is 0 Å². The lowest BCUT2D eigenvalue weighted by Crippen LogP contribution is -2.59. The third-order valence-corrected chi connectivity index (χ3v) is 11.2. The number of aryl methyl sites for hydroxylation is 2. The fraction of sp³-hybridized carbons (Fsp3) is 0.462. The highest BCUT2D eigenvalue weighted by Crippen LogP contribution is 2.41. The van der Waals surface area contributed by atoms with E-state index in [0.29, 0.717) is 12.2 Å². The number of nitrogens with one attached hydrogen (secondary N) is 3. The van der Waals surface area contributed by atoms with Gasteiger partial charge in [-0.3, -0.25) is 14.4 Å². The van der Waals surface area contributed by atoms with Gasteiger partial charge in [0.1, 0.15) is 11.8 Å². The molecule has 51 heavy (non-hydrogen) atoms. The summed E-state index contributed by atoms with van der Waals surface area (Å²) in [7, 11) is 3.94. The average Bonchev–Trinajstić information content (AvgIpc) is 3.60. The first-order valence-electron chi connectivity index (χ1n) is 17.4. The monoisotopic (exact) mass is 717 g/mol. The number of carbonyl (C=O) groups excluding carboxylic acids is 3. The van der Waals surface area contributed by atoms with Crippen LogP contribution in [0.15, 0.2) is 66.7 Å². The molecule has 5 atom stereocenters. The number of hydrogen-bond donors (Lipinski definition) is 5. The number of anilines is 1. The number of ether oxygens (including phenoxy) is 1. The summed E-state index contributed by atoms with van der Waals surface area (Å²) >= 11 is 1.44. The lowest BCUT2D eigenvalue weighted by atomic mass is 9.96. The number of fused-ring (bicyclic) bond motifs is 1. The zero-order chi connectivity index (χ0) is 36.9. The second-order valence-electron chi connectivity index (χ2n) is 14.1. The number of rotatable bonds is 14. The van der Waals surface area contributed by atoms with Gasteiger partial charge in [-0.2, -0.15) is 0 Å². The number of nitrogens with zero attached hydrogens (tertiary/aromatic N) is 2. The van der Waals surface area contributed by atoms with E-state index in [0.717, 1.165) is 46.6 Å². The van der Waals surface area contributed by atoms with Crippen LogP contribution >= 0.6 is 11.8 Å². The Bertz CT molecular complexity index is 1680. The molecule has 3 aromatic rings. The molecule has 1 saturated heterocycles. The van der Waals surface area contributed by atoms with Crippen LogP contribution in [0.4, 0.5) is 5.69 Å². The second kappa shape index (κ2) is 16.5. The van der Waals surface area contributed by atoms with Gasteiger partial charge in [-0.25, -0.2) is 0 Å². The van der Waals surface area contributed by atoms with Crippen molar-refractivity contribution in [2.45, 2.75) is 75.6 Å². The Morgan fingerprint density at radius 1 is 1.06 bits per heavy atom. The van der Waals surface area contributed by atoms with Crippen molar-refractivity contribution >= 4 is 35.2 Å². The molecule has 3 amide bonds. The van der Waals surface area contributed by atoms with Crippen molar-refractivity contribution in [3.05, 3.63) is 94.5 Å². The Kier molecular flexibility index (Phi) is 12.3. The fourth-order valence-electron chi connectivity index (χ4n) is 7.01. The van der Waals surface area contributed by atoms with E-state index in [1.165, 1.54) is 16.7 Å². The molecule has 0 saturated carbocycles. The molecule has 12 heteroatoms. The Morgan fingerprint density at radius 3 is 2.41 bits per heavy atom. The van der Waals surface area contributed by atoms with Gasteiger partial charge in [0.2, 0.25) is 5.91 Å². The van der Waals surface area contributed by atoms with Gasteiger partial charge >= 0.3 is 0 Å². The summed E-state index contributed by atoms with van der Waals surface area (Å²) in [6.07, 6.45) is -1.83. The minimum atomic E-state index is -1.65. The molecular weight excluding hydrogens is 667 g/mol. The van der Waals surface area contributed by atoms with E-state index in [9.17, 15) is 24.6 Å². The predicted octanol–water partition coefficient (Wildman–Crippen LogP) is 2.88. The molecule has 5 N–H and O–H groups in total. The van der Waals surface area contributed by atoms with E-state index in [1.54, 1.807) is 0 Å². The summed E-state index contributed by atoms with van der Waals surface area (Å²) in [5.41, 5.74) is 5.46. The maximum Gasteiger partial charge on any atom is 0.258 e. The number of aliphatic hydroxyl groups excluding tert-OH is 2. The molecule has 11 nitrogen and oxygen atoms in total. The Hall–Kier alpha value is -4.10. The average molecular weight is 718 g/mol. The molecule has 1 aliphatic heterocycles. The molecule has 2 aliphatic rings. The van der Waals surface area contributed by atoms with Crippen LogP contribution in [-0.2, 0) is 27.2 Å². The predicted molar refractivity (Wildman–Crippen MR) is 201 cm³/mol. The summed E-state index contributed by atoms with van der Waals surface area (Å²) in [5, 5.41) is 31.5. The molecule has 274 valence electrons. The third kappa shape index (κ3) is 8.86. The van der Waals surface area contributed by atoms with E-state index in [2.05, 4.69) is 20.9 Å². The molecule has 5 unspecified atom stereocenters. The summed E-state index contributed by atoms with van der Waals surface area (Å²) in [6.45, 7) is 9.00. The first-order valence-corrected chi connectivity index (χ1v) is 18.4. The van der Waals surface area contributed by atoms with Crippen molar-refractivity contribution in [3.63, 3.8) is 0 Å². The fourth-order valence-corrected chi connectivity index (χ4v) is 8.15. The summed E-state index contributed by atoms with van der Waals surface area (Å²) in [5.74, 6) is -0.775. The molecule has 0 bridgehead atoms. The van der Waals surface area contributed by atoms with Crippen LogP contribution in [0, 0.1) is 13.8 Å². The molecule has 0 aromatic heterocycles. The highest BCUT2D eigenvalue weighted by molar-refractivity contribution is 8.00. The topological polar surface area (TPSA) is 143 Å². The molecule has 1 aliphatic carbocycles. The molecule has 0 radical (unpaired) electrons. The molecule has 1 heterocycles. The van der Waals surface area contributed by atoms with E-state index in [-0.39, 0.29) is 18.9 Å². The highest BCUT2D eigenvalue weighted by atomic mass is 32.2. The summed E-state index contributed by atoms with van der Waals surface area (Å²) in [6, 6.07) is 18.4. The van der Waals surface area contributed by atoms with Gasteiger partial charge in [0.05, 0.1) is 24.1 Å². The third-order valence-electron chi connectivity index (χ3n) is 9.79. The maximum atomic E-state index is 14.1. The van der Waals surface area contributed by atoms with Crippen LogP contribution in [0.1, 0.15) is 47.7 Å². The number of likely N-dealkylation sites (N-methyl/N-ethyl adjacent to an activating group) is 2. The van der Waals surface area contributed by atoms with Gasteiger partial charge in [0, 0.05) is 37.0 Å². The van der Waals surface area contributed by atoms with E-state index >= 15 is 0 Å². The van der Waals surface area contributed by atoms with Gasteiger partial charge in [0.25, 0.3) is 11.8 Å². The Labute approximate surface area is 305 Å². The zero-order valence-electron chi connectivity index (χ0n) is 30.3. The zero-order valence-corrected chi connectivity index (χ0v) is 31.1. The van der Waals surface area contributed by atoms with Crippen molar-refractivity contribution in [1.29, 1.82) is 0 Å². The minimum absolute atomic E-state index is 0.178. The Morgan fingerprint density at radius 2 is 1.73 bits per heavy atom. The van der Waals surface area contributed by atoms with Crippen molar-refractivity contribution in [1.82, 2.24) is 20.9 Å². The number of amides is 3. The van der Waals surface area contributed by atoms with Crippen molar-refractivity contribution in [3.8, 4) is 5.75 Å². The van der Waals surface area contributed by atoms with Crippen LogP contribution in [0.5, 0.6) is 5.75 Å². The van der Waals surface area contributed by atoms with Crippen LogP contribution in [-0.4, -0.2) is 102 Å². The largest absolute Gasteiger partial charge is 0.483 e. The minimum Gasteiger partial charge on any atom is -0.483 e. The van der Waals surface area contributed by atoms with Crippen LogP contribution < -0.4 is 25.6 Å². The van der Waals surface area contributed by atoms with Gasteiger partial charge in [0.15, 0.2) is 12.7 Å². The van der Waals surface area contributed by atoms with Crippen LogP contribution in [0.3, 0.4) is 0 Å². The van der Waals surface area contributed by atoms with Crippen molar-refractivity contribution in [2.75, 3.05) is 44.6 Å². The number of carbonyl (C=O) groups is 3. The SMILES string of the molecule is CNCCN(C)c1cc(C)c(OCC(=O)NC(Cc2ccccc2)C(O)C(=O)N2CSC(C)(C)C2C(=O)NC2c3ccccc3CC2O)c(C)c1. The first-order chi connectivity index (χ1) is 24.3. The van der Waals surface area contributed by atoms with E-state index in [4.69, 9.17) is 4.74 Å². The molecule has 3 aromatic carbocycles.